The lowest BCUT2D eigenvalue weighted by molar-refractivity contribution is -0.385. The zero-order chi connectivity index (χ0) is 16.2. The Hall–Kier alpha value is -3.14. The highest BCUT2D eigenvalue weighted by Gasteiger charge is 2.14. The van der Waals surface area contributed by atoms with E-state index in [0.717, 1.165) is 11.8 Å². The van der Waals surface area contributed by atoms with Crippen molar-refractivity contribution in [1.29, 1.82) is 0 Å². The summed E-state index contributed by atoms with van der Waals surface area (Å²) in [7, 11) is 0. The molecule has 0 saturated heterocycles. The van der Waals surface area contributed by atoms with Crippen molar-refractivity contribution in [2.75, 3.05) is 0 Å². The standard InChI is InChI=1S/C13H13N7O3/c21-12(8-18-7-11(6-14-18)20(22)23)9-19-16-13(15-17-19)10-4-2-1-3-5-10/h1-7,12,21H,8-9H2/t12-/m0/s1. The first kappa shape index (κ1) is 14.8. The Labute approximate surface area is 130 Å². The maximum absolute atomic E-state index is 10.6. The predicted octanol–water partition coefficient (Wildman–Crippen LogP) is 0.506. The van der Waals surface area contributed by atoms with Gasteiger partial charge in [0.15, 0.2) is 0 Å². The monoisotopic (exact) mass is 315 g/mol. The van der Waals surface area contributed by atoms with Crippen molar-refractivity contribution >= 4 is 5.69 Å². The lowest BCUT2D eigenvalue weighted by Crippen LogP contribution is -2.23. The molecule has 0 fully saturated rings. The largest absolute Gasteiger partial charge is 0.389 e. The molecule has 3 rings (SSSR count). The van der Waals surface area contributed by atoms with Gasteiger partial charge >= 0.3 is 5.69 Å². The molecule has 2 aromatic heterocycles. The van der Waals surface area contributed by atoms with Gasteiger partial charge in [-0.1, -0.05) is 30.3 Å². The number of aliphatic hydroxyl groups is 1. The third-order valence-corrected chi connectivity index (χ3v) is 3.09. The highest BCUT2D eigenvalue weighted by atomic mass is 16.6. The lowest BCUT2D eigenvalue weighted by atomic mass is 10.2. The summed E-state index contributed by atoms with van der Waals surface area (Å²) >= 11 is 0. The zero-order valence-corrected chi connectivity index (χ0v) is 11.9. The minimum absolute atomic E-state index is 0.0933. The molecule has 10 nitrogen and oxygen atoms in total. The van der Waals surface area contributed by atoms with Crippen molar-refractivity contribution in [1.82, 2.24) is 30.0 Å². The first-order chi connectivity index (χ1) is 11.1. The van der Waals surface area contributed by atoms with Gasteiger partial charge in [-0.3, -0.25) is 14.8 Å². The normalized spacial score (nSPS) is 12.2. The number of aromatic nitrogens is 6. The van der Waals surface area contributed by atoms with Gasteiger partial charge in [0.05, 0.1) is 24.1 Å². The van der Waals surface area contributed by atoms with Gasteiger partial charge in [0.2, 0.25) is 5.82 Å². The number of tetrazole rings is 1. The first-order valence-corrected chi connectivity index (χ1v) is 6.80. The van der Waals surface area contributed by atoms with Crippen LogP contribution in [0.25, 0.3) is 11.4 Å². The van der Waals surface area contributed by atoms with E-state index in [1.54, 1.807) is 0 Å². The molecule has 23 heavy (non-hydrogen) atoms. The average Bonchev–Trinajstić information content (AvgIpc) is 3.18. The molecule has 118 valence electrons. The number of benzene rings is 1. The second-order valence-corrected chi connectivity index (χ2v) is 4.87. The summed E-state index contributed by atoms with van der Waals surface area (Å²) in [5.74, 6) is 0.465. The molecule has 0 saturated carbocycles. The summed E-state index contributed by atoms with van der Waals surface area (Å²) in [5, 5.41) is 36.4. The number of hydrogen-bond donors (Lipinski definition) is 1. The molecule has 0 amide bonds. The number of hydrogen-bond acceptors (Lipinski definition) is 7. The van der Waals surface area contributed by atoms with Gasteiger partial charge in [0.1, 0.15) is 12.4 Å². The van der Waals surface area contributed by atoms with Gasteiger partial charge in [-0.05, 0) is 5.21 Å². The number of aliphatic hydroxyl groups excluding tert-OH is 1. The highest BCUT2D eigenvalue weighted by molar-refractivity contribution is 5.52. The summed E-state index contributed by atoms with van der Waals surface area (Å²) in [6.07, 6.45) is 1.54. The molecular formula is C13H13N7O3. The van der Waals surface area contributed by atoms with Crippen LogP contribution < -0.4 is 0 Å². The fourth-order valence-electron chi connectivity index (χ4n) is 2.03. The molecule has 1 aromatic carbocycles. The fourth-order valence-corrected chi connectivity index (χ4v) is 2.03. The summed E-state index contributed by atoms with van der Waals surface area (Å²) in [6, 6.07) is 9.35. The van der Waals surface area contributed by atoms with Gasteiger partial charge in [-0.2, -0.15) is 9.90 Å². The van der Waals surface area contributed by atoms with Crippen molar-refractivity contribution < 1.29 is 10.0 Å². The Morgan fingerprint density at radius 2 is 2.04 bits per heavy atom. The summed E-state index contributed by atoms with van der Waals surface area (Å²) in [6.45, 7) is 0.198. The average molecular weight is 315 g/mol. The molecule has 1 atom stereocenters. The third kappa shape index (κ3) is 3.55. The topological polar surface area (TPSA) is 125 Å². The van der Waals surface area contributed by atoms with Crippen LogP contribution in [-0.4, -0.2) is 46.1 Å². The quantitative estimate of drug-likeness (QED) is 0.519. The molecule has 0 bridgehead atoms. The van der Waals surface area contributed by atoms with Crippen molar-refractivity contribution in [3.8, 4) is 11.4 Å². The smallest absolute Gasteiger partial charge is 0.306 e. The summed E-state index contributed by atoms with van der Waals surface area (Å²) < 4.78 is 1.30. The van der Waals surface area contributed by atoms with E-state index in [1.807, 2.05) is 30.3 Å². The molecule has 1 N–H and O–H groups in total. The van der Waals surface area contributed by atoms with E-state index in [4.69, 9.17) is 0 Å². The van der Waals surface area contributed by atoms with Crippen LogP contribution in [0.15, 0.2) is 42.7 Å². The van der Waals surface area contributed by atoms with Crippen molar-refractivity contribution in [3.05, 3.63) is 52.8 Å². The molecule has 0 unspecified atom stereocenters. The van der Waals surface area contributed by atoms with E-state index >= 15 is 0 Å². The molecule has 0 aliphatic carbocycles. The van der Waals surface area contributed by atoms with Gasteiger partial charge in [0.25, 0.3) is 0 Å². The van der Waals surface area contributed by atoms with E-state index < -0.39 is 11.0 Å². The first-order valence-electron chi connectivity index (χ1n) is 6.80. The minimum atomic E-state index is -0.854. The van der Waals surface area contributed by atoms with Crippen LogP contribution in [-0.2, 0) is 13.1 Å². The molecular weight excluding hydrogens is 302 g/mol. The van der Waals surface area contributed by atoms with Crippen LogP contribution >= 0.6 is 0 Å². The van der Waals surface area contributed by atoms with Crippen LogP contribution in [0.1, 0.15) is 0 Å². The maximum atomic E-state index is 10.6. The van der Waals surface area contributed by atoms with Gasteiger partial charge in [-0.15, -0.1) is 10.2 Å². The Morgan fingerprint density at radius 1 is 1.26 bits per heavy atom. The minimum Gasteiger partial charge on any atom is -0.389 e. The number of rotatable bonds is 6. The molecule has 10 heteroatoms. The van der Waals surface area contributed by atoms with Gasteiger partial charge < -0.3 is 5.11 Å². The Morgan fingerprint density at radius 3 is 2.74 bits per heavy atom. The van der Waals surface area contributed by atoms with Crippen molar-refractivity contribution in [2.45, 2.75) is 19.2 Å². The fraction of sp³-hybridized carbons (Fsp3) is 0.231. The van der Waals surface area contributed by atoms with E-state index in [0.29, 0.717) is 5.82 Å². The SMILES string of the molecule is O=[N+]([O-])c1cnn(C[C@H](O)Cn2nnc(-c3ccccc3)n2)c1. The second-order valence-electron chi connectivity index (χ2n) is 4.87. The van der Waals surface area contributed by atoms with Gasteiger partial charge in [-0.25, -0.2) is 0 Å². The molecule has 3 aromatic rings. The lowest BCUT2D eigenvalue weighted by Gasteiger charge is -2.08. The maximum Gasteiger partial charge on any atom is 0.306 e. The summed E-state index contributed by atoms with van der Waals surface area (Å²) in [4.78, 5) is 11.3. The van der Waals surface area contributed by atoms with E-state index in [1.165, 1.54) is 15.7 Å². The van der Waals surface area contributed by atoms with Gasteiger partial charge in [0, 0.05) is 5.56 Å². The number of nitro groups is 1. The Balaban J connectivity index is 1.62. The highest BCUT2D eigenvalue weighted by Crippen LogP contribution is 2.12. The van der Waals surface area contributed by atoms with Crippen LogP contribution in [0.4, 0.5) is 5.69 Å². The van der Waals surface area contributed by atoms with Crippen LogP contribution in [0.3, 0.4) is 0 Å². The van der Waals surface area contributed by atoms with Crippen molar-refractivity contribution in [3.63, 3.8) is 0 Å². The van der Waals surface area contributed by atoms with Crippen LogP contribution in [0.5, 0.6) is 0 Å². The third-order valence-electron chi connectivity index (χ3n) is 3.09. The summed E-state index contributed by atoms with van der Waals surface area (Å²) in [5.41, 5.74) is 0.707. The van der Waals surface area contributed by atoms with E-state index in [9.17, 15) is 15.2 Å². The van der Waals surface area contributed by atoms with E-state index in [-0.39, 0.29) is 18.8 Å². The van der Waals surface area contributed by atoms with Crippen molar-refractivity contribution in [2.24, 2.45) is 0 Å². The molecule has 0 aliphatic heterocycles. The van der Waals surface area contributed by atoms with Crippen LogP contribution in [0.2, 0.25) is 0 Å². The van der Waals surface area contributed by atoms with E-state index in [2.05, 4.69) is 20.5 Å². The molecule has 0 spiro atoms. The Bertz CT molecular complexity index is 799. The Kier molecular flexibility index (Phi) is 4.06. The predicted molar refractivity (Wildman–Crippen MR) is 78.1 cm³/mol. The molecule has 0 aliphatic rings. The molecule has 0 radical (unpaired) electrons. The second kappa shape index (κ2) is 6.32. The van der Waals surface area contributed by atoms with Crippen LogP contribution in [0, 0.1) is 10.1 Å². The molecule has 2 heterocycles. The number of nitrogens with zero attached hydrogens (tertiary/aromatic N) is 7. The zero-order valence-electron chi connectivity index (χ0n) is 11.9.